The van der Waals surface area contributed by atoms with E-state index in [0.717, 1.165) is 37.3 Å². The molecule has 2 heterocycles. The Labute approximate surface area is 165 Å². The first kappa shape index (κ1) is 20.0. The van der Waals surface area contributed by atoms with Crippen molar-refractivity contribution >= 4 is 17.8 Å². The van der Waals surface area contributed by atoms with Crippen LogP contribution in [0.3, 0.4) is 0 Å². The molecule has 1 fully saturated rings. The number of benzene rings is 1. The maximum atomic E-state index is 12.4. The van der Waals surface area contributed by atoms with Crippen molar-refractivity contribution in [2.24, 2.45) is 7.05 Å². The lowest BCUT2D eigenvalue weighted by atomic mass is 9.98. The van der Waals surface area contributed by atoms with Crippen LogP contribution < -0.4 is 10.6 Å². The smallest absolute Gasteiger partial charge is 0.228 e. The van der Waals surface area contributed by atoms with Gasteiger partial charge in [-0.05, 0) is 31.5 Å². The highest BCUT2D eigenvalue weighted by atomic mass is 16.2. The second kappa shape index (κ2) is 9.45. The van der Waals surface area contributed by atoms with Crippen molar-refractivity contribution in [2.75, 3.05) is 25.0 Å². The van der Waals surface area contributed by atoms with Crippen LogP contribution in [-0.2, 0) is 23.2 Å². The third-order valence-electron chi connectivity index (χ3n) is 5.01. The second-order valence-electron chi connectivity index (χ2n) is 7.17. The van der Waals surface area contributed by atoms with Crippen LogP contribution in [-0.4, -0.2) is 51.1 Å². The molecule has 1 aliphatic heterocycles. The molecule has 1 aliphatic rings. The van der Waals surface area contributed by atoms with Crippen LogP contribution >= 0.6 is 0 Å². The Balaban J connectivity index is 1.54. The summed E-state index contributed by atoms with van der Waals surface area (Å²) in [6, 6.07) is 9.76. The molecule has 0 unspecified atom stereocenters. The maximum Gasteiger partial charge on any atom is 0.228 e. The topological polar surface area (TPSA) is 92.2 Å². The second-order valence-corrected chi connectivity index (χ2v) is 7.17. The maximum absolute atomic E-state index is 12.4. The fourth-order valence-electron chi connectivity index (χ4n) is 3.34. The number of nitrogens with zero attached hydrogens (tertiary/aromatic N) is 4. The van der Waals surface area contributed by atoms with Gasteiger partial charge < -0.3 is 10.2 Å². The minimum Gasteiger partial charge on any atom is -0.338 e. The highest BCUT2D eigenvalue weighted by molar-refractivity contribution is 5.89. The molecule has 0 aliphatic carbocycles. The molecule has 0 spiro atoms. The van der Waals surface area contributed by atoms with Gasteiger partial charge in [0.05, 0.1) is 0 Å². The van der Waals surface area contributed by atoms with E-state index >= 15 is 0 Å². The largest absolute Gasteiger partial charge is 0.338 e. The Bertz CT molecular complexity index is 798. The van der Waals surface area contributed by atoms with E-state index in [2.05, 4.69) is 20.7 Å². The van der Waals surface area contributed by atoms with Crippen LogP contribution in [0.15, 0.2) is 30.3 Å². The number of carbonyl (C=O) groups excluding carboxylic acids is 2. The summed E-state index contributed by atoms with van der Waals surface area (Å²) in [7, 11) is 1.78. The van der Waals surface area contributed by atoms with E-state index in [-0.39, 0.29) is 18.2 Å². The molecule has 0 bridgehead atoms. The highest BCUT2D eigenvalue weighted by Gasteiger charge is 2.21. The molecule has 2 aromatic rings. The third-order valence-corrected chi connectivity index (χ3v) is 5.01. The quantitative estimate of drug-likeness (QED) is 0.757. The summed E-state index contributed by atoms with van der Waals surface area (Å²) in [5.74, 6) is 1.34. The average Bonchev–Trinajstić information content (AvgIpc) is 3.06. The molecule has 1 aromatic carbocycles. The van der Waals surface area contributed by atoms with E-state index in [1.165, 1.54) is 6.92 Å². The zero-order chi connectivity index (χ0) is 19.9. The van der Waals surface area contributed by atoms with Gasteiger partial charge in [-0.2, -0.15) is 10.1 Å². The molecule has 28 heavy (non-hydrogen) atoms. The van der Waals surface area contributed by atoms with E-state index in [1.807, 2.05) is 30.3 Å². The highest BCUT2D eigenvalue weighted by Crippen LogP contribution is 2.23. The minimum absolute atomic E-state index is 0.0523. The molecule has 1 aromatic heterocycles. The normalized spacial score (nSPS) is 14.6. The number of carbonyl (C=O) groups is 2. The summed E-state index contributed by atoms with van der Waals surface area (Å²) in [6.45, 7) is 4.30. The van der Waals surface area contributed by atoms with Gasteiger partial charge in [-0.1, -0.05) is 30.3 Å². The summed E-state index contributed by atoms with van der Waals surface area (Å²) in [6.07, 6.45) is 2.22. The molecule has 8 heteroatoms. The number of aromatic nitrogens is 3. The molecule has 1 saturated heterocycles. The molecule has 3 rings (SSSR count). The van der Waals surface area contributed by atoms with Crippen LogP contribution in [0.2, 0.25) is 0 Å². The first-order valence-electron chi connectivity index (χ1n) is 9.74. The number of hydrogen-bond acceptors (Lipinski definition) is 5. The number of nitrogens with one attached hydrogen (secondary N) is 2. The van der Waals surface area contributed by atoms with Gasteiger partial charge in [0.1, 0.15) is 0 Å². The Morgan fingerprint density at radius 2 is 1.96 bits per heavy atom. The van der Waals surface area contributed by atoms with Gasteiger partial charge in [0.2, 0.25) is 17.8 Å². The van der Waals surface area contributed by atoms with Crippen molar-refractivity contribution in [2.45, 2.75) is 38.6 Å². The summed E-state index contributed by atoms with van der Waals surface area (Å²) >= 11 is 0. The van der Waals surface area contributed by atoms with E-state index < -0.39 is 0 Å². The summed E-state index contributed by atoms with van der Waals surface area (Å²) < 4.78 is 1.61. The fourth-order valence-corrected chi connectivity index (χ4v) is 3.34. The monoisotopic (exact) mass is 384 g/mol. The first-order chi connectivity index (χ1) is 13.5. The average molecular weight is 384 g/mol. The molecule has 0 atom stereocenters. The lowest BCUT2D eigenvalue weighted by Crippen LogP contribution is -2.31. The molecular formula is C20H28N6O2. The molecule has 0 saturated carbocycles. The zero-order valence-electron chi connectivity index (χ0n) is 16.5. The first-order valence-corrected chi connectivity index (χ1v) is 9.74. The van der Waals surface area contributed by atoms with Crippen molar-refractivity contribution in [3.05, 3.63) is 41.7 Å². The van der Waals surface area contributed by atoms with Gasteiger partial charge in [-0.3, -0.25) is 14.9 Å². The summed E-state index contributed by atoms with van der Waals surface area (Å²) in [5, 5.41) is 10.6. The number of rotatable bonds is 7. The standard InChI is InChI=1S/C20H28N6O2/c1-15(27)26(14-16-6-4-3-5-7-16)13-10-18(28)22-20-23-19(24-25(20)2)17-8-11-21-12-9-17/h3-7,17,21H,8-14H2,1-2H3,(H,22,23,24,28). The van der Waals surface area contributed by atoms with Gasteiger partial charge in [0.15, 0.2) is 5.82 Å². The Kier molecular flexibility index (Phi) is 6.76. The van der Waals surface area contributed by atoms with Gasteiger partial charge >= 0.3 is 0 Å². The summed E-state index contributed by atoms with van der Waals surface area (Å²) in [5.41, 5.74) is 1.04. The number of hydrogen-bond donors (Lipinski definition) is 2. The molecule has 150 valence electrons. The van der Waals surface area contributed by atoms with Crippen LogP contribution in [0.25, 0.3) is 0 Å². The van der Waals surface area contributed by atoms with Crippen molar-refractivity contribution in [1.29, 1.82) is 0 Å². The van der Waals surface area contributed by atoms with E-state index in [4.69, 9.17) is 0 Å². The zero-order valence-corrected chi connectivity index (χ0v) is 16.5. The number of anilines is 1. The SMILES string of the molecule is CC(=O)N(CCC(=O)Nc1nc(C2CCNCC2)nn1C)Cc1ccccc1. The fraction of sp³-hybridized carbons (Fsp3) is 0.500. The van der Waals surface area contributed by atoms with Gasteiger partial charge in [-0.15, -0.1) is 0 Å². The number of amides is 2. The van der Waals surface area contributed by atoms with Crippen LogP contribution in [0.4, 0.5) is 5.95 Å². The van der Waals surface area contributed by atoms with Crippen molar-refractivity contribution < 1.29 is 9.59 Å². The van der Waals surface area contributed by atoms with Crippen LogP contribution in [0, 0.1) is 0 Å². The van der Waals surface area contributed by atoms with Gasteiger partial charge in [-0.25, -0.2) is 4.68 Å². The van der Waals surface area contributed by atoms with Gasteiger partial charge in [0, 0.05) is 39.4 Å². The lowest BCUT2D eigenvalue weighted by molar-refractivity contribution is -0.129. The molecule has 0 radical (unpaired) electrons. The Morgan fingerprint density at radius 1 is 1.25 bits per heavy atom. The number of aryl methyl sites for hydroxylation is 1. The minimum atomic E-state index is -0.174. The predicted octanol–water partition coefficient (Wildman–Crippen LogP) is 1.66. The molecule has 2 N–H and O–H groups in total. The van der Waals surface area contributed by atoms with Crippen molar-refractivity contribution in [3.8, 4) is 0 Å². The van der Waals surface area contributed by atoms with Crippen LogP contribution in [0.1, 0.15) is 43.5 Å². The Hall–Kier alpha value is -2.74. The molecular weight excluding hydrogens is 356 g/mol. The number of piperidine rings is 1. The van der Waals surface area contributed by atoms with Crippen LogP contribution in [0.5, 0.6) is 0 Å². The Morgan fingerprint density at radius 3 is 2.64 bits per heavy atom. The van der Waals surface area contributed by atoms with Crippen molar-refractivity contribution in [3.63, 3.8) is 0 Å². The summed E-state index contributed by atoms with van der Waals surface area (Å²) in [4.78, 5) is 30.5. The predicted molar refractivity (Wildman–Crippen MR) is 107 cm³/mol. The van der Waals surface area contributed by atoms with E-state index in [1.54, 1.807) is 16.6 Å². The van der Waals surface area contributed by atoms with E-state index in [9.17, 15) is 9.59 Å². The lowest BCUT2D eigenvalue weighted by Gasteiger charge is -2.20. The molecule has 2 amide bonds. The molecule has 8 nitrogen and oxygen atoms in total. The van der Waals surface area contributed by atoms with E-state index in [0.29, 0.717) is 25.0 Å². The van der Waals surface area contributed by atoms with Gasteiger partial charge in [0.25, 0.3) is 0 Å². The third kappa shape index (κ3) is 5.39. The van der Waals surface area contributed by atoms with Crippen molar-refractivity contribution in [1.82, 2.24) is 25.0 Å².